The number of nitrogens with two attached hydrogens (primary N) is 1. The van der Waals surface area contributed by atoms with Crippen molar-refractivity contribution < 1.29 is 13.2 Å². The molecule has 5 nitrogen and oxygen atoms in total. The number of benzene rings is 1. The Morgan fingerprint density at radius 2 is 2.00 bits per heavy atom. The van der Waals surface area contributed by atoms with Gasteiger partial charge in [0.05, 0.1) is 12.8 Å². The van der Waals surface area contributed by atoms with Gasteiger partial charge in [-0.05, 0) is 37.3 Å². The first-order valence-electron chi connectivity index (χ1n) is 7.49. The minimum absolute atomic E-state index is 0.158. The summed E-state index contributed by atoms with van der Waals surface area (Å²) in [7, 11) is -1.97. The Morgan fingerprint density at radius 3 is 2.71 bits per heavy atom. The zero-order chi connectivity index (χ0) is 15.0. The highest BCUT2D eigenvalue weighted by Crippen LogP contribution is 2.40. The topological polar surface area (TPSA) is 72.6 Å². The van der Waals surface area contributed by atoms with Crippen LogP contribution in [0.25, 0.3) is 0 Å². The first-order chi connectivity index (χ1) is 10.0. The molecule has 116 valence electrons. The van der Waals surface area contributed by atoms with Gasteiger partial charge in [-0.25, -0.2) is 8.42 Å². The molecule has 6 heteroatoms. The molecule has 3 rings (SSSR count). The minimum Gasteiger partial charge on any atom is -0.497 e. The fourth-order valence-electron chi connectivity index (χ4n) is 3.68. The zero-order valence-electron chi connectivity index (χ0n) is 12.3. The van der Waals surface area contributed by atoms with E-state index in [1.807, 2.05) is 0 Å². The maximum absolute atomic E-state index is 12.9. The van der Waals surface area contributed by atoms with E-state index >= 15 is 0 Å². The number of rotatable bonds is 3. The van der Waals surface area contributed by atoms with Crippen LogP contribution in [0.4, 0.5) is 5.69 Å². The first-order valence-corrected chi connectivity index (χ1v) is 8.93. The molecular formula is C15H22N2O3S. The molecular weight excluding hydrogens is 288 g/mol. The second kappa shape index (κ2) is 5.50. The quantitative estimate of drug-likeness (QED) is 0.869. The van der Waals surface area contributed by atoms with Crippen molar-refractivity contribution >= 4 is 15.7 Å². The summed E-state index contributed by atoms with van der Waals surface area (Å²) in [6, 6.07) is 4.93. The first kappa shape index (κ1) is 14.7. The van der Waals surface area contributed by atoms with Gasteiger partial charge in [0.2, 0.25) is 10.0 Å². The van der Waals surface area contributed by atoms with Gasteiger partial charge in [0.15, 0.2) is 0 Å². The molecule has 0 bridgehead atoms. The summed E-state index contributed by atoms with van der Waals surface area (Å²) in [5.74, 6) is 1.09. The van der Waals surface area contributed by atoms with E-state index in [-0.39, 0.29) is 16.6 Å². The molecule has 1 heterocycles. The summed E-state index contributed by atoms with van der Waals surface area (Å²) in [5, 5.41) is 0. The average molecular weight is 310 g/mol. The van der Waals surface area contributed by atoms with Gasteiger partial charge >= 0.3 is 0 Å². The van der Waals surface area contributed by atoms with E-state index in [4.69, 9.17) is 10.5 Å². The predicted octanol–water partition coefficient (Wildman–Crippen LogP) is 2.23. The van der Waals surface area contributed by atoms with Crippen molar-refractivity contribution in [2.75, 3.05) is 19.4 Å². The molecule has 1 aromatic rings. The van der Waals surface area contributed by atoms with E-state index in [9.17, 15) is 8.42 Å². The SMILES string of the molecule is COc1ccc(S(=O)(=O)N2CCC3CCCCC32)c(N)c1. The molecule has 1 saturated carbocycles. The van der Waals surface area contributed by atoms with Crippen molar-refractivity contribution in [1.82, 2.24) is 4.31 Å². The predicted molar refractivity (Wildman–Crippen MR) is 81.7 cm³/mol. The van der Waals surface area contributed by atoms with E-state index in [0.29, 0.717) is 18.2 Å². The van der Waals surface area contributed by atoms with Crippen LogP contribution in [0.2, 0.25) is 0 Å². The lowest BCUT2D eigenvalue weighted by atomic mass is 9.86. The average Bonchev–Trinajstić information content (AvgIpc) is 2.91. The van der Waals surface area contributed by atoms with Crippen LogP contribution in [-0.4, -0.2) is 32.4 Å². The van der Waals surface area contributed by atoms with Gasteiger partial charge in [0.25, 0.3) is 0 Å². The number of ether oxygens (including phenoxy) is 1. The van der Waals surface area contributed by atoms with Gasteiger partial charge in [-0.3, -0.25) is 0 Å². The number of nitrogen functional groups attached to an aromatic ring is 1. The molecule has 2 aliphatic rings. The number of sulfonamides is 1. The summed E-state index contributed by atoms with van der Waals surface area (Å²) in [6.07, 6.45) is 5.43. The molecule has 1 saturated heterocycles. The Morgan fingerprint density at radius 1 is 1.24 bits per heavy atom. The van der Waals surface area contributed by atoms with E-state index in [0.717, 1.165) is 25.7 Å². The van der Waals surface area contributed by atoms with Crippen LogP contribution in [0.1, 0.15) is 32.1 Å². The van der Waals surface area contributed by atoms with Crippen LogP contribution in [-0.2, 0) is 10.0 Å². The third-order valence-corrected chi connectivity index (χ3v) is 6.76. The minimum atomic E-state index is -3.51. The molecule has 1 aliphatic heterocycles. The highest BCUT2D eigenvalue weighted by atomic mass is 32.2. The van der Waals surface area contributed by atoms with Crippen molar-refractivity contribution in [1.29, 1.82) is 0 Å². The third-order valence-electron chi connectivity index (χ3n) is 4.76. The smallest absolute Gasteiger partial charge is 0.245 e. The highest BCUT2D eigenvalue weighted by Gasteiger charge is 2.42. The number of anilines is 1. The number of methoxy groups -OCH3 is 1. The molecule has 2 N–H and O–H groups in total. The van der Waals surface area contributed by atoms with Gasteiger partial charge in [0.1, 0.15) is 10.6 Å². The maximum Gasteiger partial charge on any atom is 0.245 e. The molecule has 0 aromatic heterocycles. The lowest BCUT2D eigenvalue weighted by Gasteiger charge is -2.31. The number of fused-ring (bicyclic) bond motifs is 1. The number of hydrogen-bond donors (Lipinski definition) is 1. The van der Waals surface area contributed by atoms with Crippen LogP contribution in [0.5, 0.6) is 5.75 Å². The molecule has 0 radical (unpaired) electrons. The van der Waals surface area contributed by atoms with Crippen LogP contribution >= 0.6 is 0 Å². The van der Waals surface area contributed by atoms with Crippen LogP contribution in [0.15, 0.2) is 23.1 Å². The summed E-state index contributed by atoms with van der Waals surface area (Å²) >= 11 is 0. The van der Waals surface area contributed by atoms with Gasteiger partial charge in [-0.1, -0.05) is 12.8 Å². The molecule has 2 fully saturated rings. The van der Waals surface area contributed by atoms with Crippen molar-refractivity contribution in [2.45, 2.75) is 43.0 Å². The second-order valence-electron chi connectivity index (χ2n) is 5.92. The van der Waals surface area contributed by atoms with Crippen molar-refractivity contribution in [3.8, 4) is 5.75 Å². The van der Waals surface area contributed by atoms with Gasteiger partial charge in [0, 0.05) is 18.7 Å². The molecule has 0 spiro atoms. The number of hydrogen-bond acceptors (Lipinski definition) is 4. The Balaban J connectivity index is 1.93. The molecule has 2 atom stereocenters. The Bertz CT molecular complexity index is 630. The molecule has 21 heavy (non-hydrogen) atoms. The summed E-state index contributed by atoms with van der Waals surface area (Å²) in [6.45, 7) is 0.614. The third kappa shape index (κ3) is 2.51. The monoisotopic (exact) mass is 310 g/mol. The summed E-state index contributed by atoms with van der Waals surface area (Å²) in [5.41, 5.74) is 6.19. The molecule has 2 unspecified atom stereocenters. The van der Waals surface area contributed by atoms with Crippen molar-refractivity contribution in [3.63, 3.8) is 0 Å². The van der Waals surface area contributed by atoms with Crippen molar-refractivity contribution in [2.24, 2.45) is 5.92 Å². The van der Waals surface area contributed by atoms with E-state index < -0.39 is 10.0 Å². The number of nitrogens with zero attached hydrogens (tertiary/aromatic N) is 1. The Labute approximate surface area is 126 Å². The van der Waals surface area contributed by atoms with Crippen molar-refractivity contribution in [3.05, 3.63) is 18.2 Å². The standard InChI is InChI=1S/C15H22N2O3S/c1-20-12-6-7-15(13(16)10-12)21(18,19)17-9-8-11-4-2-3-5-14(11)17/h6-7,10-11,14H,2-5,8-9,16H2,1H3. The van der Waals surface area contributed by atoms with Crippen LogP contribution < -0.4 is 10.5 Å². The summed E-state index contributed by atoms with van der Waals surface area (Å²) < 4.78 is 32.6. The fraction of sp³-hybridized carbons (Fsp3) is 0.600. The highest BCUT2D eigenvalue weighted by molar-refractivity contribution is 7.89. The zero-order valence-corrected chi connectivity index (χ0v) is 13.1. The lowest BCUT2D eigenvalue weighted by molar-refractivity contribution is 0.260. The van der Waals surface area contributed by atoms with E-state index in [1.54, 1.807) is 22.5 Å². The van der Waals surface area contributed by atoms with Crippen LogP contribution in [0, 0.1) is 5.92 Å². The molecule has 0 amide bonds. The van der Waals surface area contributed by atoms with Gasteiger partial charge in [-0.15, -0.1) is 0 Å². The maximum atomic E-state index is 12.9. The van der Waals surface area contributed by atoms with Crippen LogP contribution in [0.3, 0.4) is 0 Å². The largest absolute Gasteiger partial charge is 0.497 e. The van der Waals surface area contributed by atoms with E-state index in [1.165, 1.54) is 13.5 Å². The van der Waals surface area contributed by atoms with Gasteiger partial charge < -0.3 is 10.5 Å². The Kier molecular flexibility index (Phi) is 3.84. The van der Waals surface area contributed by atoms with E-state index in [2.05, 4.69) is 0 Å². The normalized spacial score (nSPS) is 26.5. The van der Waals surface area contributed by atoms with Gasteiger partial charge in [-0.2, -0.15) is 4.31 Å². The second-order valence-corrected chi connectivity index (χ2v) is 7.78. The Hall–Kier alpha value is -1.27. The molecule has 1 aliphatic carbocycles. The lowest BCUT2D eigenvalue weighted by Crippen LogP contribution is -2.39. The fourth-order valence-corrected chi connectivity index (χ4v) is 5.51. The molecule has 1 aromatic carbocycles. The summed E-state index contributed by atoms with van der Waals surface area (Å²) in [4.78, 5) is 0.203.